The zero-order chi connectivity index (χ0) is 25.8. The van der Waals surface area contributed by atoms with E-state index in [1.807, 2.05) is 36.1 Å². The van der Waals surface area contributed by atoms with Crippen molar-refractivity contribution in [3.63, 3.8) is 0 Å². The van der Waals surface area contributed by atoms with Gasteiger partial charge in [-0.1, -0.05) is 35.4 Å². The smallest absolute Gasteiger partial charge is 0.355 e. The van der Waals surface area contributed by atoms with Crippen molar-refractivity contribution in [1.29, 1.82) is 0 Å². The van der Waals surface area contributed by atoms with E-state index in [-0.39, 0.29) is 30.5 Å². The van der Waals surface area contributed by atoms with Crippen molar-refractivity contribution in [2.45, 2.75) is 6.92 Å². The molecular weight excluding hydrogens is 486 g/mol. The van der Waals surface area contributed by atoms with Gasteiger partial charge in [-0.05, 0) is 31.2 Å². The van der Waals surface area contributed by atoms with Crippen molar-refractivity contribution in [3.05, 3.63) is 69.9 Å². The van der Waals surface area contributed by atoms with Crippen molar-refractivity contribution in [3.8, 4) is 0 Å². The molecule has 190 valence electrons. The Balaban J connectivity index is 1.62. The van der Waals surface area contributed by atoms with Gasteiger partial charge in [-0.15, -0.1) is 0 Å². The Labute approximate surface area is 214 Å². The molecule has 36 heavy (non-hydrogen) atoms. The molecule has 0 radical (unpaired) electrons. The predicted molar refractivity (Wildman–Crippen MR) is 135 cm³/mol. The van der Waals surface area contributed by atoms with Gasteiger partial charge in [0.2, 0.25) is 0 Å². The number of hydrogen-bond donors (Lipinski definition) is 0. The highest BCUT2D eigenvalue weighted by Gasteiger charge is 2.35. The molecule has 10 heteroatoms. The fraction of sp³-hybridized carbons (Fsp3) is 0.346. The average molecular weight is 514 g/mol. The van der Waals surface area contributed by atoms with Crippen LogP contribution in [0.3, 0.4) is 0 Å². The Morgan fingerprint density at radius 1 is 0.917 bits per heavy atom. The third-order valence-corrected chi connectivity index (χ3v) is 6.58. The maximum atomic E-state index is 13.0. The van der Waals surface area contributed by atoms with Gasteiger partial charge in [-0.2, -0.15) is 0 Å². The van der Waals surface area contributed by atoms with Crippen molar-refractivity contribution >= 4 is 40.8 Å². The lowest BCUT2D eigenvalue weighted by Crippen LogP contribution is -2.49. The molecule has 9 nitrogen and oxygen atoms in total. The number of rotatable bonds is 5. The number of piperazine rings is 1. The molecule has 2 heterocycles. The first kappa shape index (κ1) is 25.5. The van der Waals surface area contributed by atoms with E-state index in [0.29, 0.717) is 48.1 Å². The quantitative estimate of drug-likeness (QED) is 0.564. The number of hydrogen-bond acceptors (Lipinski definition) is 8. The van der Waals surface area contributed by atoms with Gasteiger partial charge in [0, 0.05) is 31.7 Å². The van der Waals surface area contributed by atoms with Gasteiger partial charge in [0.15, 0.2) is 0 Å². The third kappa shape index (κ3) is 5.03. The summed E-state index contributed by atoms with van der Waals surface area (Å²) in [6.07, 6.45) is 0. The van der Waals surface area contributed by atoms with Crippen LogP contribution in [0.2, 0.25) is 5.02 Å². The van der Waals surface area contributed by atoms with E-state index in [2.05, 4.69) is 4.90 Å². The average Bonchev–Trinajstić information content (AvgIpc) is 2.91. The lowest BCUT2D eigenvalue weighted by Gasteiger charge is -2.40. The number of halogens is 1. The van der Waals surface area contributed by atoms with Crippen LogP contribution < -0.4 is 9.80 Å². The topological polar surface area (TPSA) is 88.6 Å². The second-order valence-electron chi connectivity index (χ2n) is 8.47. The maximum absolute atomic E-state index is 13.0. The van der Waals surface area contributed by atoms with Crippen LogP contribution in [0.5, 0.6) is 0 Å². The highest BCUT2D eigenvalue weighted by Crippen LogP contribution is 2.40. The molecule has 2 aromatic rings. The molecule has 2 aliphatic rings. The molecule has 1 saturated heterocycles. The summed E-state index contributed by atoms with van der Waals surface area (Å²) in [6, 6.07) is 12.9. The fourth-order valence-electron chi connectivity index (χ4n) is 4.38. The zero-order valence-corrected chi connectivity index (χ0v) is 21.2. The molecule has 0 unspecified atom stereocenters. The molecule has 1 amide bonds. The number of esters is 2. The number of methoxy groups -OCH3 is 2. The SMILES string of the molecule is COC(=O)C1=C(C(=O)OC)N(c2cccc(Cl)c2N2CCN(C(=O)c3ccc(C)cc3)CC2)COC1. The Morgan fingerprint density at radius 2 is 1.58 bits per heavy atom. The monoisotopic (exact) mass is 513 g/mol. The highest BCUT2D eigenvalue weighted by molar-refractivity contribution is 6.34. The molecule has 1 fully saturated rings. The van der Waals surface area contributed by atoms with Crippen LogP contribution in [0.15, 0.2) is 53.7 Å². The van der Waals surface area contributed by atoms with Crippen LogP contribution in [0.1, 0.15) is 15.9 Å². The van der Waals surface area contributed by atoms with Gasteiger partial charge < -0.3 is 28.9 Å². The van der Waals surface area contributed by atoms with Gasteiger partial charge in [-0.25, -0.2) is 9.59 Å². The molecule has 2 aliphatic heterocycles. The predicted octanol–water partition coefficient (Wildman–Crippen LogP) is 3.01. The van der Waals surface area contributed by atoms with Crippen LogP contribution in [0.25, 0.3) is 0 Å². The lowest BCUT2D eigenvalue weighted by molar-refractivity contribution is -0.140. The summed E-state index contributed by atoms with van der Waals surface area (Å²) in [5.74, 6) is -1.37. The number of aryl methyl sites for hydroxylation is 1. The maximum Gasteiger partial charge on any atom is 0.355 e. The molecule has 0 N–H and O–H groups in total. The number of benzene rings is 2. The van der Waals surface area contributed by atoms with E-state index >= 15 is 0 Å². The van der Waals surface area contributed by atoms with Gasteiger partial charge in [-0.3, -0.25) is 4.79 Å². The minimum Gasteiger partial charge on any atom is -0.466 e. The van der Waals surface area contributed by atoms with E-state index in [4.69, 9.17) is 25.8 Å². The van der Waals surface area contributed by atoms with Crippen molar-refractivity contribution in [2.75, 3.05) is 63.5 Å². The van der Waals surface area contributed by atoms with Gasteiger partial charge in [0.25, 0.3) is 5.91 Å². The van der Waals surface area contributed by atoms with Crippen molar-refractivity contribution < 1.29 is 28.6 Å². The summed E-state index contributed by atoms with van der Waals surface area (Å²) in [7, 11) is 2.49. The Kier molecular flexibility index (Phi) is 7.81. The first-order valence-electron chi connectivity index (χ1n) is 11.5. The first-order valence-corrected chi connectivity index (χ1v) is 11.9. The molecule has 0 aliphatic carbocycles. The number of ether oxygens (including phenoxy) is 3. The van der Waals surface area contributed by atoms with Crippen LogP contribution in [0, 0.1) is 6.92 Å². The lowest BCUT2D eigenvalue weighted by atomic mass is 10.1. The zero-order valence-electron chi connectivity index (χ0n) is 20.5. The number of carbonyl (C=O) groups excluding carboxylic acids is 3. The first-order chi connectivity index (χ1) is 17.3. The Morgan fingerprint density at radius 3 is 2.22 bits per heavy atom. The standard InChI is InChI=1S/C26H28ClN3O6/c1-17-7-9-18(10-8-17)24(31)29-13-11-28(12-14-29)23-20(27)5-4-6-21(23)30-16-36-15-19(25(32)34-2)22(30)26(33)35-3/h4-10H,11-16H2,1-3H3. The molecule has 0 spiro atoms. The number of para-hydroxylation sites is 1. The summed E-state index contributed by atoms with van der Waals surface area (Å²) in [5.41, 5.74) is 3.13. The van der Waals surface area contributed by atoms with Gasteiger partial charge >= 0.3 is 11.9 Å². The molecular formula is C26H28ClN3O6. The molecule has 0 saturated carbocycles. The third-order valence-electron chi connectivity index (χ3n) is 6.27. The summed E-state index contributed by atoms with van der Waals surface area (Å²) in [5, 5.41) is 0.472. The van der Waals surface area contributed by atoms with E-state index < -0.39 is 11.9 Å². The van der Waals surface area contributed by atoms with Crippen LogP contribution >= 0.6 is 11.6 Å². The number of nitrogens with zero attached hydrogens (tertiary/aromatic N) is 3. The van der Waals surface area contributed by atoms with Gasteiger partial charge in [0.05, 0.1) is 42.8 Å². The molecule has 0 bridgehead atoms. The number of anilines is 2. The highest BCUT2D eigenvalue weighted by atomic mass is 35.5. The Bertz CT molecular complexity index is 1190. The second-order valence-corrected chi connectivity index (χ2v) is 8.88. The molecule has 0 atom stereocenters. The van der Waals surface area contributed by atoms with Crippen molar-refractivity contribution in [1.82, 2.24) is 4.90 Å². The molecule has 0 aromatic heterocycles. The number of amides is 1. The minimum atomic E-state index is -0.682. The Hall–Kier alpha value is -3.56. The van der Waals surface area contributed by atoms with E-state index in [1.54, 1.807) is 23.1 Å². The van der Waals surface area contributed by atoms with E-state index in [1.165, 1.54) is 14.2 Å². The summed E-state index contributed by atoms with van der Waals surface area (Å²) < 4.78 is 15.5. The number of carbonyl (C=O) groups is 3. The molecule has 4 rings (SSSR count). The van der Waals surface area contributed by atoms with Crippen molar-refractivity contribution in [2.24, 2.45) is 0 Å². The van der Waals surface area contributed by atoms with E-state index in [9.17, 15) is 14.4 Å². The summed E-state index contributed by atoms with van der Waals surface area (Å²) >= 11 is 6.67. The summed E-state index contributed by atoms with van der Waals surface area (Å²) in [6.45, 7) is 3.99. The fourth-order valence-corrected chi connectivity index (χ4v) is 4.67. The largest absolute Gasteiger partial charge is 0.466 e. The summed E-state index contributed by atoms with van der Waals surface area (Å²) in [4.78, 5) is 43.6. The second kappa shape index (κ2) is 11.0. The van der Waals surface area contributed by atoms with Crippen LogP contribution in [0.4, 0.5) is 11.4 Å². The molecule has 2 aromatic carbocycles. The minimum absolute atomic E-state index is 0.0166. The van der Waals surface area contributed by atoms with E-state index in [0.717, 1.165) is 5.56 Å². The normalized spacial score (nSPS) is 16.2. The van der Waals surface area contributed by atoms with Crippen LogP contribution in [-0.4, -0.2) is 76.5 Å². The van der Waals surface area contributed by atoms with Crippen LogP contribution in [-0.2, 0) is 23.8 Å². The van der Waals surface area contributed by atoms with Gasteiger partial charge in [0.1, 0.15) is 12.4 Å².